The van der Waals surface area contributed by atoms with Crippen LogP contribution < -0.4 is 10.7 Å². The molecule has 4 heterocycles. The number of nitrogens with one attached hydrogen (secondary N) is 1. The topological polar surface area (TPSA) is 66.3 Å². The molecule has 2 aromatic heterocycles. The molecule has 0 aliphatic carbocycles. The van der Waals surface area contributed by atoms with Gasteiger partial charge in [0.15, 0.2) is 6.17 Å². The number of hydrogen-bond donors (Lipinski definition) is 1. The lowest BCUT2D eigenvalue weighted by molar-refractivity contribution is 0.859. The third kappa shape index (κ3) is 1.21. The molecule has 0 spiro atoms. The monoisotopic (exact) mass is 235 g/mol. The molecular formula is C13H9N5. The second kappa shape index (κ2) is 3.46. The Balaban J connectivity index is 2.36. The Morgan fingerprint density at radius 3 is 3.28 bits per heavy atom. The van der Waals surface area contributed by atoms with Gasteiger partial charge in [-0.15, -0.1) is 0 Å². The number of hydrogen-bond acceptors (Lipinski definition) is 4. The van der Waals surface area contributed by atoms with E-state index in [1.807, 2.05) is 18.2 Å². The van der Waals surface area contributed by atoms with Crippen molar-refractivity contribution in [1.29, 1.82) is 0 Å². The van der Waals surface area contributed by atoms with Gasteiger partial charge in [0.1, 0.15) is 0 Å². The maximum Gasteiger partial charge on any atom is 0.167 e. The van der Waals surface area contributed by atoms with Crippen molar-refractivity contribution in [2.75, 3.05) is 0 Å². The van der Waals surface area contributed by atoms with Gasteiger partial charge in [0.2, 0.25) is 0 Å². The molecular weight excluding hydrogens is 226 g/mol. The number of aromatic amines is 1. The summed E-state index contributed by atoms with van der Waals surface area (Å²) >= 11 is 0. The Morgan fingerprint density at radius 1 is 1.28 bits per heavy atom. The summed E-state index contributed by atoms with van der Waals surface area (Å²) in [5, 5.41) is 3.76. The smallest absolute Gasteiger partial charge is 0.167 e. The first kappa shape index (κ1) is 9.47. The third-order valence-electron chi connectivity index (χ3n) is 3.11. The van der Waals surface area contributed by atoms with Crippen molar-refractivity contribution >= 4 is 11.8 Å². The molecule has 18 heavy (non-hydrogen) atoms. The highest BCUT2D eigenvalue weighted by atomic mass is 15.0. The van der Waals surface area contributed by atoms with Crippen LogP contribution in [0.1, 0.15) is 0 Å². The van der Waals surface area contributed by atoms with Gasteiger partial charge in [-0.3, -0.25) is 15.0 Å². The molecule has 2 aliphatic rings. The largest absolute Gasteiger partial charge is 0.344 e. The van der Waals surface area contributed by atoms with Gasteiger partial charge >= 0.3 is 0 Å². The lowest BCUT2D eigenvalue weighted by Crippen LogP contribution is -2.18. The molecule has 0 saturated carbocycles. The summed E-state index contributed by atoms with van der Waals surface area (Å²) < 4.78 is 0. The average Bonchev–Trinajstić information content (AvgIpc) is 2.84. The molecule has 2 aliphatic heterocycles. The molecule has 86 valence electrons. The highest BCUT2D eigenvalue weighted by Gasteiger charge is 2.15. The first-order valence-corrected chi connectivity index (χ1v) is 5.69. The predicted octanol–water partition coefficient (Wildman–Crippen LogP) is -0.158. The summed E-state index contributed by atoms with van der Waals surface area (Å²) in [7, 11) is 0. The second-order valence-electron chi connectivity index (χ2n) is 4.13. The fraction of sp³-hybridized carbons (Fsp3) is 0.0769. The molecule has 5 nitrogen and oxygen atoms in total. The minimum absolute atomic E-state index is 0.220. The maximum absolute atomic E-state index is 4.64. The van der Waals surface area contributed by atoms with Crippen LogP contribution in [-0.4, -0.2) is 27.3 Å². The van der Waals surface area contributed by atoms with Crippen LogP contribution in [-0.2, 0) is 0 Å². The summed E-state index contributed by atoms with van der Waals surface area (Å²) in [5.74, 6) is 0. The van der Waals surface area contributed by atoms with Crippen molar-refractivity contribution in [3.63, 3.8) is 0 Å². The van der Waals surface area contributed by atoms with Gasteiger partial charge in [-0.05, 0) is 12.1 Å². The maximum atomic E-state index is 4.64. The highest BCUT2D eigenvalue weighted by Crippen LogP contribution is 2.13. The van der Waals surface area contributed by atoms with Crippen molar-refractivity contribution < 1.29 is 0 Å². The van der Waals surface area contributed by atoms with E-state index in [4.69, 9.17) is 0 Å². The summed E-state index contributed by atoms with van der Waals surface area (Å²) in [6.45, 7) is 0. The molecule has 0 fully saturated rings. The highest BCUT2D eigenvalue weighted by molar-refractivity contribution is 5.81. The van der Waals surface area contributed by atoms with E-state index in [9.17, 15) is 0 Å². The van der Waals surface area contributed by atoms with E-state index in [0.29, 0.717) is 0 Å². The molecule has 4 rings (SSSR count). The van der Waals surface area contributed by atoms with E-state index in [0.717, 1.165) is 26.8 Å². The molecule has 0 amide bonds. The fourth-order valence-electron chi connectivity index (χ4n) is 2.30. The van der Waals surface area contributed by atoms with E-state index in [2.05, 4.69) is 24.9 Å². The number of fused-ring (bicyclic) bond motifs is 3. The first-order valence-electron chi connectivity index (χ1n) is 5.69. The molecule has 1 atom stereocenters. The molecule has 0 saturated heterocycles. The van der Waals surface area contributed by atoms with E-state index >= 15 is 0 Å². The average molecular weight is 235 g/mol. The van der Waals surface area contributed by atoms with Gasteiger partial charge in [0.05, 0.1) is 28.6 Å². The van der Waals surface area contributed by atoms with Crippen LogP contribution in [0.3, 0.4) is 0 Å². The normalized spacial score (nSPS) is 19.6. The van der Waals surface area contributed by atoms with Crippen LogP contribution in [0.4, 0.5) is 0 Å². The zero-order chi connectivity index (χ0) is 11.9. The minimum atomic E-state index is -0.220. The zero-order valence-electron chi connectivity index (χ0n) is 9.41. The Morgan fingerprint density at radius 2 is 2.28 bits per heavy atom. The van der Waals surface area contributed by atoms with Crippen molar-refractivity contribution in [3.8, 4) is 0 Å². The number of H-pyrrole nitrogens is 1. The van der Waals surface area contributed by atoms with E-state index < -0.39 is 0 Å². The number of dihydropyridines is 1. The number of aliphatic imine (C=N–C) groups is 1. The van der Waals surface area contributed by atoms with Crippen molar-refractivity contribution in [2.24, 2.45) is 9.98 Å². The zero-order valence-corrected chi connectivity index (χ0v) is 9.41. The third-order valence-corrected chi connectivity index (χ3v) is 3.11. The number of rotatable bonds is 0. The Labute approximate surface area is 102 Å². The summed E-state index contributed by atoms with van der Waals surface area (Å²) in [5.41, 5.74) is 1.02. The molecule has 0 bridgehead atoms. The Hall–Kier alpha value is -2.56. The van der Waals surface area contributed by atoms with Gasteiger partial charge < -0.3 is 4.98 Å². The van der Waals surface area contributed by atoms with Gasteiger partial charge in [0.25, 0.3) is 0 Å². The predicted molar refractivity (Wildman–Crippen MR) is 66.1 cm³/mol. The summed E-state index contributed by atoms with van der Waals surface area (Å²) in [6, 6.07) is 1.95. The summed E-state index contributed by atoms with van der Waals surface area (Å²) in [6.07, 6.45) is 10.7. The summed E-state index contributed by atoms with van der Waals surface area (Å²) in [4.78, 5) is 20.7. The molecule has 2 aromatic rings. The number of allylic oxidation sites excluding steroid dienone is 1. The van der Waals surface area contributed by atoms with E-state index in [1.165, 1.54) is 0 Å². The molecule has 1 N–H and O–H groups in total. The number of imidazole rings is 1. The van der Waals surface area contributed by atoms with Crippen molar-refractivity contribution in [3.05, 3.63) is 58.2 Å². The van der Waals surface area contributed by atoms with Gasteiger partial charge in [0, 0.05) is 23.2 Å². The van der Waals surface area contributed by atoms with Crippen molar-refractivity contribution in [2.45, 2.75) is 6.17 Å². The fourth-order valence-corrected chi connectivity index (χ4v) is 2.30. The van der Waals surface area contributed by atoms with Gasteiger partial charge in [-0.2, -0.15) is 0 Å². The molecule has 0 radical (unpaired) electrons. The van der Waals surface area contributed by atoms with Gasteiger partial charge in [-0.1, -0.05) is 6.08 Å². The van der Waals surface area contributed by atoms with Crippen LogP contribution in [0.15, 0.2) is 46.9 Å². The van der Waals surface area contributed by atoms with E-state index in [-0.39, 0.29) is 6.17 Å². The van der Waals surface area contributed by atoms with Crippen LogP contribution in [0.5, 0.6) is 0 Å². The molecule has 0 aromatic carbocycles. The second-order valence-corrected chi connectivity index (χ2v) is 4.13. The number of pyridine rings is 1. The quantitative estimate of drug-likeness (QED) is 0.689. The minimum Gasteiger partial charge on any atom is -0.344 e. The van der Waals surface area contributed by atoms with Crippen LogP contribution >= 0.6 is 0 Å². The Kier molecular flexibility index (Phi) is 1.82. The SMILES string of the molecule is C1=CC2=c3nc[nH]c3=c3ccncc3=NC2N=C1. The number of nitrogens with zero attached hydrogens (tertiary/aromatic N) is 4. The molecule has 5 heteroatoms. The van der Waals surface area contributed by atoms with Gasteiger partial charge in [-0.25, -0.2) is 4.98 Å². The van der Waals surface area contributed by atoms with Crippen molar-refractivity contribution in [1.82, 2.24) is 15.0 Å². The van der Waals surface area contributed by atoms with E-state index in [1.54, 1.807) is 24.9 Å². The first-order chi connectivity index (χ1) is 8.93. The molecule has 1 unspecified atom stereocenters. The van der Waals surface area contributed by atoms with Crippen LogP contribution in [0.2, 0.25) is 0 Å². The lowest BCUT2D eigenvalue weighted by atomic mass is 10.1. The lowest BCUT2D eigenvalue weighted by Gasteiger charge is -2.09. The number of aromatic nitrogens is 3. The van der Waals surface area contributed by atoms with Crippen LogP contribution in [0.25, 0.3) is 5.57 Å². The van der Waals surface area contributed by atoms with Crippen LogP contribution in [0, 0.1) is 10.6 Å². The standard InChI is InChI=1S/C13H9N5/c1-2-9-12-11(16-7-17-12)8-3-5-14-6-10(8)18-13(9)15-4-1/h1-7,13H,(H,16,17). The Bertz CT molecular complexity index is 888.